The van der Waals surface area contributed by atoms with Crippen LogP contribution in [0.1, 0.15) is 37.7 Å². The maximum Gasteiger partial charge on any atom is 0.360 e. The summed E-state index contributed by atoms with van der Waals surface area (Å²) < 4.78 is 12.5. The van der Waals surface area contributed by atoms with Crippen LogP contribution in [-0.2, 0) is 25.3 Å². The Morgan fingerprint density at radius 1 is 0.827 bits per heavy atom. The number of carbonyl (C=O) groups is 2. The third-order valence-corrected chi connectivity index (χ3v) is 8.08. The van der Waals surface area contributed by atoms with Crippen molar-refractivity contribution in [3.05, 3.63) is 134 Å². The van der Waals surface area contributed by atoms with Crippen LogP contribution in [0.15, 0.2) is 95.0 Å². The van der Waals surface area contributed by atoms with E-state index in [1.807, 2.05) is 74.5 Å². The van der Waals surface area contributed by atoms with Gasteiger partial charge in [0.1, 0.15) is 24.0 Å². The van der Waals surface area contributed by atoms with Gasteiger partial charge in [-0.2, -0.15) is 0 Å². The third-order valence-electron chi connectivity index (χ3n) is 8.08. The highest BCUT2D eigenvalue weighted by molar-refractivity contribution is 5.95. The standard InChI is InChI=1S/C25H27N3O4.C14H14N2O4/c1-5-15-32-20-8-6-7-18(16-20)13-14-27(3)24(30)21-22(29)25(31)28(4)23(26-21)19-11-9-17(2)10-12-19;1-8-4-6-9(7-5-8)12-15-10(14(19)20-3)11(17)13(18)16(12)2/h5-12,16,29H,1,13-15H2,2-4H3;4-7,17H,1-3H3. The molecule has 2 heterocycles. The minimum atomic E-state index is -0.853. The number of esters is 1. The van der Waals surface area contributed by atoms with Crippen molar-refractivity contribution >= 4 is 11.9 Å². The van der Waals surface area contributed by atoms with Gasteiger partial charge in [-0.05, 0) is 38.0 Å². The molecule has 13 heteroatoms. The zero-order chi connectivity index (χ0) is 38.1. The van der Waals surface area contributed by atoms with Gasteiger partial charge in [0, 0.05) is 38.8 Å². The van der Waals surface area contributed by atoms with Crippen LogP contribution in [-0.4, -0.2) is 73.4 Å². The van der Waals surface area contributed by atoms with E-state index in [0.29, 0.717) is 36.5 Å². The van der Waals surface area contributed by atoms with Gasteiger partial charge in [0.2, 0.25) is 11.5 Å². The summed E-state index contributed by atoms with van der Waals surface area (Å²) in [5, 5.41) is 20.0. The topological polar surface area (TPSA) is 166 Å². The summed E-state index contributed by atoms with van der Waals surface area (Å²) in [6.45, 7) is 8.32. The maximum atomic E-state index is 13.0. The lowest BCUT2D eigenvalue weighted by Gasteiger charge is -2.18. The van der Waals surface area contributed by atoms with Gasteiger partial charge in [-0.3, -0.25) is 23.5 Å². The van der Waals surface area contributed by atoms with Crippen LogP contribution in [0, 0.1) is 13.8 Å². The van der Waals surface area contributed by atoms with E-state index in [1.54, 1.807) is 25.3 Å². The molecule has 0 atom stereocenters. The van der Waals surface area contributed by atoms with Gasteiger partial charge in [0.15, 0.2) is 11.4 Å². The molecule has 5 rings (SSSR count). The zero-order valence-electron chi connectivity index (χ0n) is 29.9. The summed E-state index contributed by atoms with van der Waals surface area (Å²) in [6.07, 6.45) is 2.25. The Morgan fingerprint density at radius 2 is 1.33 bits per heavy atom. The van der Waals surface area contributed by atoms with E-state index in [1.165, 1.54) is 28.1 Å². The molecule has 0 aliphatic rings. The van der Waals surface area contributed by atoms with Gasteiger partial charge < -0.3 is 24.6 Å². The average Bonchev–Trinajstić information content (AvgIpc) is 3.15. The molecule has 5 aromatic rings. The van der Waals surface area contributed by atoms with Crippen molar-refractivity contribution in [3.8, 4) is 40.0 Å². The molecular weight excluding hydrogens is 666 g/mol. The van der Waals surface area contributed by atoms with Crippen LogP contribution >= 0.6 is 0 Å². The molecule has 0 bridgehead atoms. The number of aryl methyl sites for hydroxylation is 2. The predicted octanol–water partition coefficient (Wildman–Crippen LogP) is 4.59. The van der Waals surface area contributed by atoms with E-state index in [0.717, 1.165) is 29.5 Å². The van der Waals surface area contributed by atoms with Crippen LogP contribution in [0.4, 0.5) is 0 Å². The first-order valence-electron chi connectivity index (χ1n) is 16.2. The molecule has 52 heavy (non-hydrogen) atoms. The van der Waals surface area contributed by atoms with Crippen molar-refractivity contribution in [2.45, 2.75) is 20.3 Å². The second-order valence-electron chi connectivity index (χ2n) is 11.9. The minimum absolute atomic E-state index is 0.255. The number of hydrogen-bond donors (Lipinski definition) is 2. The quantitative estimate of drug-likeness (QED) is 0.155. The summed E-state index contributed by atoms with van der Waals surface area (Å²) in [6, 6.07) is 22.4. The fourth-order valence-corrected chi connectivity index (χ4v) is 5.02. The number of rotatable bonds is 10. The van der Waals surface area contributed by atoms with Crippen LogP contribution in [0.5, 0.6) is 17.2 Å². The van der Waals surface area contributed by atoms with E-state index in [4.69, 9.17) is 4.74 Å². The van der Waals surface area contributed by atoms with Gasteiger partial charge in [-0.1, -0.05) is 84.4 Å². The first-order valence-corrected chi connectivity index (χ1v) is 16.2. The summed E-state index contributed by atoms with van der Waals surface area (Å²) in [4.78, 5) is 58.9. The van der Waals surface area contributed by atoms with Gasteiger partial charge in [-0.25, -0.2) is 14.8 Å². The van der Waals surface area contributed by atoms with Crippen molar-refractivity contribution in [1.82, 2.24) is 24.0 Å². The number of amides is 1. The molecule has 2 aromatic heterocycles. The highest BCUT2D eigenvalue weighted by Gasteiger charge is 2.24. The summed E-state index contributed by atoms with van der Waals surface area (Å²) in [5.74, 6) is -1.41. The monoisotopic (exact) mass is 707 g/mol. The predicted molar refractivity (Wildman–Crippen MR) is 197 cm³/mol. The van der Waals surface area contributed by atoms with Crippen LogP contribution in [0.3, 0.4) is 0 Å². The normalized spacial score (nSPS) is 10.5. The molecule has 0 unspecified atom stereocenters. The Bertz CT molecular complexity index is 2210. The third kappa shape index (κ3) is 8.80. The van der Waals surface area contributed by atoms with E-state index in [2.05, 4.69) is 21.3 Å². The van der Waals surface area contributed by atoms with E-state index in [-0.39, 0.29) is 17.2 Å². The van der Waals surface area contributed by atoms with E-state index < -0.39 is 34.5 Å². The van der Waals surface area contributed by atoms with Crippen LogP contribution in [0.25, 0.3) is 22.8 Å². The average molecular weight is 708 g/mol. The highest BCUT2D eigenvalue weighted by atomic mass is 16.5. The first kappa shape index (κ1) is 38.3. The molecule has 0 spiro atoms. The molecule has 2 N–H and O–H groups in total. The molecular formula is C39H41N5O8. The number of aromatic nitrogens is 4. The molecule has 3 aromatic carbocycles. The van der Waals surface area contributed by atoms with Gasteiger partial charge >= 0.3 is 5.97 Å². The zero-order valence-corrected chi connectivity index (χ0v) is 29.9. The molecule has 0 fully saturated rings. The van der Waals surface area contributed by atoms with E-state index >= 15 is 0 Å². The van der Waals surface area contributed by atoms with Crippen molar-refractivity contribution in [2.24, 2.45) is 14.1 Å². The molecule has 0 aliphatic heterocycles. The van der Waals surface area contributed by atoms with Crippen LogP contribution in [0.2, 0.25) is 0 Å². The van der Waals surface area contributed by atoms with Gasteiger partial charge in [-0.15, -0.1) is 0 Å². The number of methoxy groups -OCH3 is 1. The Hall–Kier alpha value is -6.50. The highest BCUT2D eigenvalue weighted by Crippen LogP contribution is 2.22. The molecule has 0 aliphatic carbocycles. The number of hydrogen-bond acceptors (Lipinski definition) is 10. The number of aromatic hydroxyl groups is 2. The lowest BCUT2D eigenvalue weighted by Crippen LogP contribution is -2.32. The summed E-state index contributed by atoms with van der Waals surface area (Å²) in [5.41, 5.74) is 2.46. The largest absolute Gasteiger partial charge is 0.501 e. The Kier molecular flexibility index (Phi) is 12.5. The molecule has 1 amide bonds. The van der Waals surface area contributed by atoms with Gasteiger partial charge in [0.05, 0.1) is 7.11 Å². The first-order chi connectivity index (χ1) is 24.8. The minimum Gasteiger partial charge on any atom is -0.501 e. The Balaban J connectivity index is 0.000000259. The Labute approximate surface area is 300 Å². The lowest BCUT2D eigenvalue weighted by molar-refractivity contribution is 0.0589. The van der Waals surface area contributed by atoms with Crippen LogP contribution < -0.4 is 15.9 Å². The summed E-state index contributed by atoms with van der Waals surface area (Å²) >= 11 is 0. The maximum absolute atomic E-state index is 13.0. The Morgan fingerprint density at radius 3 is 1.83 bits per heavy atom. The van der Waals surface area contributed by atoms with Crippen molar-refractivity contribution in [3.63, 3.8) is 0 Å². The SMILES string of the molecule is C=CCOc1cccc(CCN(C)C(=O)c2nc(-c3ccc(C)cc3)n(C)c(=O)c2O)c1.COC(=O)c1nc(-c2ccc(C)cc2)n(C)c(=O)c1O. The number of likely N-dealkylation sites (N-methyl/N-ethyl adjacent to an activating group) is 1. The second-order valence-corrected chi connectivity index (χ2v) is 11.9. The molecule has 270 valence electrons. The fraction of sp³-hybridized carbons (Fsp3) is 0.231. The van der Waals surface area contributed by atoms with E-state index in [9.17, 15) is 29.4 Å². The van der Waals surface area contributed by atoms with Gasteiger partial charge in [0.25, 0.3) is 17.0 Å². The number of carbonyl (C=O) groups excluding carboxylic acids is 2. The molecule has 0 saturated carbocycles. The molecule has 0 saturated heterocycles. The van der Waals surface area contributed by atoms with Crippen molar-refractivity contribution in [2.75, 3.05) is 27.3 Å². The number of benzene rings is 3. The fourth-order valence-electron chi connectivity index (χ4n) is 5.02. The second kappa shape index (κ2) is 16.9. The summed E-state index contributed by atoms with van der Waals surface area (Å²) in [7, 11) is 5.77. The van der Waals surface area contributed by atoms with Crippen molar-refractivity contribution < 1.29 is 29.3 Å². The lowest BCUT2D eigenvalue weighted by atomic mass is 10.1. The molecule has 13 nitrogen and oxygen atoms in total. The smallest absolute Gasteiger partial charge is 0.360 e. The molecule has 0 radical (unpaired) electrons. The number of nitrogens with zero attached hydrogens (tertiary/aromatic N) is 5. The van der Waals surface area contributed by atoms with Crippen molar-refractivity contribution in [1.29, 1.82) is 0 Å². The number of ether oxygens (including phenoxy) is 2.